The summed E-state index contributed by atoms with van der Waals surface area (Å²) in [5.41, 5.74) is 1.78. The van der Waals surface area contributed by atoms with Crippen LogP contribution in [-0.2, 0) is 14.8 Å². The van der Waals surface area contributed by atoms with Gasteiger partial charge >= 0.3 is 0 Å². The number of nitro groups is 1. The average Bonchev–Trinajstić information content (AvgIpc) is 3.10. The van der Waals surface area contributed by atoms with Crippen molar-refractivity contribution in [1.82, 2.24) is 9.21 Å². The van der Waals surface area contributed by atoms with E-state index in [-0.39, 0.29) is 29.1 Å². The van der Waals surface area contributed by atoms with E-state index in [1.165, 1.54) is 18.2 Å². The maximum Gasteiger partial charge on any atom is 0.269 e. The van der Waals surface area contributed by atoms with Crippen LogP contribution in [0.5, 0.6) is 0 Å². The van der Waals surface area contributed by atoms with Crippen molar-refractivity contribution < 1.29 is 18.1 Å². The Morgan fingerprint density at radius 1 is 1.15 bits per heavy atom. The zero-order valence-electron chi connectivity index (χ0n) is 19.9. The molecule has 1 aliphatic rings. The highest BCUT2D eigenvalue weighted by Crippen LogP contribution is 2.26. The van der Waals surface area contributed by atoms with E-state index in [0.29, 0.717) is 24.3 Å². The van der Waals surface area contributed by atoms with Crippen LogP contribution in [0.4, 0.5) is 11.4 Å². The topological polar surface area (TPSA) is 113 Å². The summed E-state index contributed by atoms with van der Waals surface area (Å²) in [6, 6.07) is 11.0. The fraction of sp³-hybridized carbons (Fsp3) is 0.458. The number of benzene rings is 2. The molecule has 0 saturated carbocycles. The van der Waals surface area contributed by atoms with Crippen LogP contribution in [0.3, 0.4) is 0 Å². The molecule has 1 aliphatic heterocycles. The summed E-state index contributed by atoms with van der Waals surface area (Å²) in [6.07, 6.45) is 3.76. The summed E-state index contributed by atoms with van der Waals surface area (Å²) in [7, 11) is -1.88. The van der Waals surface area contributed by atoms with Crippen molar-refractivity contribution in [2.45, 2.75) is 50.5 Å². The highest BCUT2D eigenvalue weighted by molar-refractivity contribution is 7.89. The predicted molar refractivity (Wildman–Crippen MR) is 131 cm³/mol. The van der Waals surface area contributed by atoms with Crippen LogP contribution in [0.1, 0.15) is 49.8 Å². The number of hydrogen-bond acceptors (Lipinski definition) is 6. The molecule has 0 aliphatic carbocycles. The van der Waals surface area contributed by atoms with E-state index in [1.807, 2.05) is 6.92 Å². The second-order valence-electron chi connectivity index (χ2n) is 8.79. The monoisotopic (exact) mass is 488 g/mol. The van der Waals surface area contributed by atoms with Crippen molar-refractivity contribution in [3.05, 3.63) is 63.7 Å². The molecule has 1 unspecified atom stereocenters. The Bertz CT molecular complexity index is 1140. The lowest BCUT2D eigenvalue weighted by Gasteiger charge is -2.24. The molecule has 1 heterocycles. The number of non-ortho nitro benzene ring substituents is 1. The molecule has 1 fully saturated rings. The number of likely N-dealkylation sites (N-methyl/N-ethyl adjacent to an activating group) is 1. The molecular formula is C24H32N4O5S. The molecule has 9 nitrogen and oxygen atoms in total. The van der Waals surface area contributed by atoms with Gasteiger partial charge in [-0.25, -0.2) is 8.42 Å². The second-order valence-corrected chi connectivity index (χ2v) is 10.7. The molecule has 2 aromatic rings. The van der Waals surface area contributed by atoms with Crippen molar-refractivity contribution in [3.63, 3.8) is 0 Å². The quantitative estimate of drug-likeness (QED) is 0.442. The van der Waals surface area contributed by atoms with Crippen molar-refractivity contribution in [2.24, 2.45) is 0 Å². The first-order chi connectivity index (χ1) is 16.1. The Morgan fingerprint density at radius 2 is 1.82 bits per heavy atom. The third kappa shape index (κ3) is 6.19. The van der Waals surface area contributed by atoms with Gasteiger partial charge < -0.3 is 5.32 Å². The average molecular weight is 489 g/mol. The van der Waals surface area contributed by atoms with Crippen molar-refractivity contribution in [3.8, 4) is 0 Å². The highest BCUT2D eigenvalue weighted by atomic mass is 32.2. The number of amides is 1. The van der Waals surface area contributed by atoms with Gasteiger partial charge in [0.2, 0.25) is 15.9 Å². The van der Waals surface area contributed by atoms with Crippen LogP contribution in [0.15, 0.2) is 47.4 Å². The molecule has 0 bridgehead atoms. The molecule has 1 atom stereocenters. The van der Waals surface area contributed by atoms with Crippen molar-refractivity contribution in [2.75, 3.05) is 32.0 Å². The Morgan fingerprint density at radius 3 is 2.47 bits per heavy atom. The number of rotatable bonds is 8. The molecule has 1 amide bonds. The fourth-order valence-corrected chi connectivity index (χ4v) is 5.86. The molecule has 2 aromatic carbocycles. The number of anilines is 1. The molecule has 3 rings (SSSR count). The van der Waals surface area contributed by atoms with E-state index in [1.54, 1.807) is 47.4 Å². The third-order valence-corrected chi connectivity index (χ3v) is 8.31. The number of carbonyl (C=O) groups excluding carboxylic acids is 1. The first kappa shape index (κ1) is 25.8. The lowest BCUT2D eigenvalue weighted by Crippen LogP contribution is -2.33. The SMILES string of the molecule is Cc1ccc(NC(=O)CN(C)C(C)c2cccc([N+](=O)[O-])c2)cc1S(=O)(=O)N1CCCCCC1. The minimum absolute atomic E-state index is 0.00000393. The Hall–Kier alpha value is -2.82. The van der Waals surface area contributed by atoms with Crippen LogP contribution < -0.4 is 5.32 Å². The van der Waals surface area contributed by atoms with Gasteiger partial charge in [0.25, 0.3) is 5.69 Å². The van der Waals surface area contributed by atoms with Crippen LogP contribution >= 0.6 is 0 Å². The number of nitro benzene ring substituents is 1. The first-order valence-corrected chi connectivity index (χ1v) is 12.9. The first-order valence-electron chi connectivity index (χ1n) is 11.4. The minimum Gasteiger partial charge on any atom is -0.325 e. The zero-order chi connectivity index (χ0) is 24.9. The van der Waals surface area contributed by atoms with Gasteiger partial charge in [-0.3, -0.25) is 19.8 Å². The van der Waals surface area contributed by atoms with E-state index in [9.17, 15) is 23.3 Å². The maximum absolute atomic E-state index is 13.3. The number of hydrogen-bond donors (Lipinski definition) is 1. The highest BCUT2D eigenvalue weighted by Gasteiger charge is 2.27. The summed E-state index contributed by atoms with van der Waals surface area (Å²) >= 11 is 0. The summed E-state index contributed by atoms with van der Waals surface area (Å²) in [6.45, 7) is 4.68. The van der Waals surface area contributed by atoms with Crippen LogP contribution in [0, 0.1) is 17.0 Å². The van der Waals surface area contributed by atoms with E-state index >= 15 is 0 Å². The lowest BCUT2D eigenvalue weighted by molar-refractivity contribution is -0.384. The van der Waals surface area contributed by atoms with Crippen molar-refractivity contribution in [1.29, 1.82) is 0 Å². The van der Waals surface area contributed by atoms with Gasteiger partial charge in [0.15, 0.2) is 0 Å². The molecule has 184 valence electrons. The molecule has 1 saturated heterocycles. The smallest absolute Gasteiger partial charge is 0.269 e. The van der Waals surface area contributed by atoms with E-state index < -0.39 is 14.9 Å². The van der Waals surface area contributed by atoms with Gasteiger partial charge in [0.1, 0.15) is 0 Å². The van der Waals surface area contributed by atoms with Gasteiger partial charge in [-0.15, -0.1) is 0 Å². The molecule has 10 heteroatoms. The summed E-state index contributed by atoms with van der Waals surface area (Å²) in [5, 5.41) is 13.8. The Kier molecular flexibility index (Phi) is 8.40. The van der Waals surface area contributed by atoms with E-state index in [0.717, 1.165) is 31.2 Å². The molecular weight excluding hydrogens is 456 g/mol. The van der Waals surface area contributed by atoms with Gasteiger partial charge in [-0.05, 0) is 57.0 Å². The van der Waals surface area contributed by atoms with Crippen LogP contribution in [-0.4, -0.2) is 55.1 Å². The molecule has 0 radical (unpaired) electrons. The Balaban J connectivity index is 1.70. The lowest BCUT2D eigenvalue weighted by atomic mass is 10.1. The number of sulfonamides is 1. The Labute approximate surface area is 201 Å². The van der Waals surface area contributed by atoms with Gasteiger partial charge in [0.05, 0.1) is 16.4 Å². The van der Waals surface area contributed by atoms with Crippen LogP contribution in [0.25, 0.3) is 0 Å². The second kappa shape index (κ2) is 11.1. The van der Waals surface area contributed by atoms with Crippen molar-refractivity contribution >= 4 is 27.3 Å². The molecule has 0 aromatic heterocycles. The number of nitrogens with zero attached hydrogens (tertiary/aromatic N) is 3. The largest absolute Gasteiger partial charge is 0.325 e. The third-order valence-electron chi connectivity index (χ3n) is 6.27. The standard InChI is InChI=1S/C24H32N4O5S/c1-18-11-12-21(16-23(18)34(32,33)27-13-6-4-5-7-14-27)25-24(29)17-26(3)19(2)20-9-8-10-22(15-20)28(30)31/h8-12,15-16,19H,4-7,13-14,17H2,1-3H3,(H,25,29). The summed E-state index contributed by atoms with van der Waals surface area (Å²) in [5.74, 6) is -0.304. The van der Waals surface area contributed by atoms with E-state index in [2.05, 4.69) is 5.32 Å². The van der Waals surface area contributed by atoms with Crippen LogP contribution in [0.2, 0.25) is 0 Å². The number of nitrogens with one attached hydrogen (secondary N) is 1. The summed E-state index contributed by atoms with van der Waals surface area (Å²) in [4.78, 5) is 25.3. The minimum atomic E-state index is -3.64. The molecule has 0 spiro atoms. The zero-order valence-corrected chi connectivity index (χ0v) is 20.7. The number of carbonyl (C=O) groups is 1. The maximum atomic E-state index is 13.3. The normalized spacial score (nSPS) is 16.1. The molecule has 1 N–H and O–H groups in total. The van der Waals surface area contributed by atoms with E-state index in [4.69, 9.17) is 0 Å². The van der Waals surface area contributed by atoms with Gasteiger partial charge in [-0.1, -0.05) is 31.0 Å². The fourth-order valence-electron chi connectivity index (χ4n) is 4.09. The predicted octanol–water partition coefficient (Wildman–Crippen LogP) is 4.10. The molecule has 34 heavy (non-hydrogen) atoms. The summed E-state index contributed by atoms with van der Waals surface area (Å²) < 4.78 is 28.1. The van der Waals surface area contributed by atoms with Gasteiger partial charge in [-0.2, -0.15) is 4.31 Å². The van der Waals surface area contributed by atoms with Gasteiger partial charge in [0, 0.05) is 37.0 Å². The number of aryl methyl sites for hydroxylation is 1.